The minimum atomic E-state index is 0. The van der Waals surface area contributed by atoms with Gasteiger partial charge >= 0.3 is 0 Å². The first-order valence-corrected chi connectivity index (χ1v) is 3.98. The van der Waals surface area contributed by atoms with Crippen molar-refractivity contribution >= 4 is 5.57 Å². The van der Waals surface area contributed by atoms with Crippen LogP contribution >= 0.6 is 0 Å². The molecule has 1 aliphatic rings. The second kappa shape index (κ2) is 3.96. The van der Waals surface area contributed by atoms with Gasteiger partial charge in [0.05, 0.1) is 0 Å². The molecule has 0 saturated heterocycles. The van der Waals surface area contributed by atoms with Gasteiger partial charge in [-0.05, 0) is 6.42 Å². The van der Waals surface area contributed by atoms with Crippen LogP contribution in [0, 0.1) is 6.92 Å². The minimum absolute atomic E-state index is 0. The molecule has 0 radical (unpaired) electrons. The van der Waals surface area contributed by atoms with Gasteiger partial charge in [-0.25, -0.2) is 0 Å². The Balaban J connectivity index is 0.000000720. The van der Waals surface area contributed by atoms with E-state index in [0.29, 0.717) is 0 Å². The molecule has 0 fully saturated rings. The number of benzene rings is 1. The van der Waals surface area contributed by atoms with Crippen LogP contribution in [0.5, 0.6) is 0 Å². The molecule has 62 valence electrons. The van der Waals surface area contributed by atoms with Crippen LogP contribution in [0.4, 0.5) is 0 Å². The fourth-order valence-corrected chi connectivity index (χ4v) is 1.56. The number of rotatable bonds is 0. The predicted molar refractivity (Wildman–Crippen MR) is 48.1 cm³/mol. The molecule has 1 aromatic carbocycles. The van der Waals surface area contributed by atoms with Gasteiger partial charge in [0.25, 0.3) is 0 Å². The normalized spacial score (nSPS) is 14.2. The Morgan fingerprint density at radius 3 is 2.67 bits per heavy atom. The monoisotopic (exact) mass is 327 g/mol. The third kappa shape index (κ3) is 1.64. The van der Waals surface area contributed by atoms with Crippen LogP contribution in [0.3, 0.4) is 0 Å². The summed E-state index contributed by atoms with van der Waals surface area (Å²) >= 11 is 0. The summed E-state index contributed by atoms with van der Waals surface area (Å²) in [5, 5.41) is 0. The Kier molecular flexibility index (Phi) is 3.17. The molecular weight excluding hydrogens is 316 g/mol. The SMILES string of the molecule is [CH2-]C1=CCCc2ccccc21.[W]. The molecule has 0 unspecified atom stereocenters. The van der Waals surface area contributed by atoms with E-state index in [0.717, 1.165) is 6.42 Å². The van der Waals surface area contributed by atoms with Crippen LogP contribution in [-0.4, -0.2) is 0 Å². The van der Waals surface area contributed by atoms with Crippen molar-refractivity contribution in [3.05, 3.63) is 48.4 Å². The zero-order valence-corrected chi connectivity index (χ0v) is 9.85. The van der Waals surface area contributed by atoms with E-state index in [4.69, 9.17) is 0 Å². The third-order valence-corrected chi connectivity index (χ3v) is 2.17. The summed E-state index contributed by atoms with van der Waals surface area (Å²) in [5.41, 5.74) is 3.96. The van der Waals surface area contributed by atoms with E-state index < -0.39 is 0 Å². The van der Waals surface area contributed by atoms with Gasteiger partial charge in [-0.2, -0.15) is 18.6 Å². The zero-order valence-electron chi connectivity index (χ0n) is 6.92. The number of fused-ring (bicyclic) bond motifs is 1. The van der Waals surface area contributed by atoms with Crippen LogP contribution in [0.2, 0.25) is 0 Å². The fourth-order valence-electron chi connectivity index (χ4n) is 1.56. The third-order valence-electron chi connectivity index (χ3n) is 2.17. The van der Waals surface area contributed by atoms with Crippen molar-refractivity contribution in [2.45, 2.75) is 12.8 Å². The van der Waals surface area contributed by atoms with E-state index >= 15 is 0 Å². The van der Waals surface area contributed by atoms with E-state index in [9.17, 15) is 0 Å². The second-order valence-corrected chi connectivity index (χ2v) is 2.93. The van der Waals surface area contributed by atoms with Crippen LogP contribution in [0.1, 0.15) is 17.5 Å². The summed E-state index contributed by atoms with van der Waals surface area (Å²) in [4.78, 5) is 0. The van der Waals surface area contributed by atoms with Crippen LogP contribution in [0.15, 0.2) is 30.3 Å². The van der Waals surface area contributed by atoms with Crippen molar-refractivity contribution < 1.29 is 21.1 Å². The maximum Gasteiger partial charge on any atom is 0 e. The predicted octanol–water partition coefficient (Wildman–Crippen LogP) is 2.85. The average Bonchev–Trinajstić information content (AvgIpc) is 2.06. The maximum atomic E-state index is 4.00. The number of allylic oxidation sites excluding steroid dienone is 2. The standard InChI is InChI=1S/C11H11.W/c1-9-5-4-7-10-6-2-3-8-11(9)10;/h2-3,5-6,8H,1,4,7H2;/q-1;. The van der Waals surface area contributed by atoms with Gasteiger partial charge in [-0.3, -0.25) is 0 Å². The molecule has 0 aliphatic heterocycles. The minimum Gasteiger partial charge on any atom is -0.198 e. The summed E-state index contributed by atoms with van der Waals surface area (Å²) in [6, 6.07) is 8.50. The molecular formula is C11H11W-. The Morgan fingerprint density at radius 2 is 1.92 bits per heavy atom. The van der Waals surface area contributed by atoms with Gasteiger partial charge in [-0.15, -0.1) is 11.6 Å². The summed E-state index contributed by atoms with van der Waals surface area (Å²) in [7, 11) is 0. The Labute approximate surface area is 87.9 Å². The van der Waals surface area contributed by atoms with Crippen LogP contribution in [0.25, 0.3) is 5.57 Å². The topological polar surface area (TPSA) is 0 Å². The molecule has 2 rings (SSSR count). The van der Waals surface area contributed by atoms with E-state index in [2.05, 4.69) is 37.3 Å². The van der Waals surface area contributed by atoms with Gasteiger partial charge in [0.1, 0.15) is 0 Å². The van der Waals surface area contributed by atoms with Crippen molar-refractivity contribution in [2.75, 3.05) is 0 Å². The quantitative estimate of drug-likeness (QED) is 0.643. The average molecular weight is 327 g/mol. The van der Waals surface area contributed by atoms with Crippen LogP contribution in [-0.2, 0) is 27.5 Å². The molecule has 0 heterocycles. The summed E-state index contributed by atoms with van der Waals surface area (Å²) in [6.45, 7) is 4.00. The fraction of sp³-hybridized carbons (Fsp3) is 0.182. The molecule has 0 nitrogen and oxygen atoms in total. The first kappa shape index (κ1) is 9.61. The van der Waals surface area contributed by atoms with Crippen molar-refractivity contribution in [3.8, 4) is 0 Å². The van der Waals surface area contributed by atoms with E-state index in [1.54, 1.807) is 0 Å². The van der Waals surface area contributed by atoms with E-state index in [1.807, 2.05) is 0 Å². The van der Waals surface area contributed by atoms with Gasteiger partial charge in [0.2, 0.25) is 0 Å². The number of hydrogen-bond acceptors (Lipinski definition) is 0. The first-order chi connectivity index (χ1) is 5.38. The van der Waals surface area contributed by atoms with E-state index in [-0.39, 0.29) is 21.1 Å². The molecule has 0 spiro atoms. The second-order valence-electron chi connectivity index (χ2n) is 2.93. The van der Waals surface area contributed by atoms with Crippen molar-refractivity contribution in [1.82, 2.24) is 0 Å². The summed E-state index contributed by atoms with van der Waals surface area (Å²) < 4.78 is 0. The largest absolute Gasteiger partial charge is 0.198 e. The Hall–Kier alpha value is -0.482. The smallest absolute Gasteiger partial charge is 0 e. The molecule has 0 saturated carbocycles. The number of aryl methyl sites for hydroxylation is 1. The first-order valence-electron chi connectivity index (χ1n) is 3.98. The van der Waals surface area contributed by atoms with Gasteiger partial charge in [0.15, 0.2) is 0 Å². The van der Waals surface area contributed by atoms with Crippen molar-refractivity contribution in [3.63, 3.8) is 0 Å². The maximum absolute atomic E-state index is 4.00. The molecule has 1 heteroatoms. The van der Waals surface area contributed by atoms with E-state index in [1.165, 1.54) is 23.1 Å². The Bertz CT molecular complexity index is 300. The van der Waals surface area contributed by atoms with Gasteiger partial charge < -0.3 is 0 Å². The number of hydrogen-bond donors (Lipinski definition) is 0. The molecule has 0 bridgehead atoms. The Morgan fingerprint density at radius 1 is 1.17 bits per heavy atom. The molecule has 0 N–H and O–H groups in total. The molecule has 1 aromatic rings. The van der Waals surface area contributed by atoms with Crippen molar-refractivity contribution in [2.24, 2.45) is 0 Å². The molecule has 0 aromatic heterocycles. The molecule has 12 heavy (non-hydrogen) atoms. The van der Waals surface area contributed by atoms with Gasteiger partial charge in [-0.1, -0.05) is 30.2 Å². The van der Waals surface area contributed by atoms with Crippen LogP contribution < -0.4 is 0 Å². The zero-order chi connectivity index (χ0) is 7.68. The van der Waals surface area contributed by atoms with Crippen molar-refractivity contribution in [1.29, 1.82) is 0 Å². The summed E-state index contributed by atoms with van der Waals surface area (Å²) in [5.74, 6) is 0. The molecule has 0 amide bonds. The molecule has 1 aliphatic carbocycles. The molecule has 0 atom stereocenters. The summed E-state index contributed by atoms with van der Waals surface area (Å²) in [6.07, 6.45) is 4.54. The van der Waals surface area contributed by atoms with Gasteiger partial charge in [0, 0.05) is 21.1 Å².